The van der Waals surface area contributed by atoms with Crippen LogP contribution < -0.4 is 5.32 Å². The first kappa shape index (κ1) is 16.6. The van der Waals surface area contributed by atoms with E-state index in [1.807, 2.05) is 19.9 Å². The molecular formula is C16H17N5O4. The first-order chi connectivity index (χ1) is 11.9. The molecule has 25 heavy (non-hydrogen) atoms. The average Bonchev–Trinajstić information content (AvgIpc) is 3.21. The molecule has 130 valence electrons. The molecule has 0 aliphatic rings. The molecule has 1 amide bonds. The molecule has 0 aliphatic heterocycles. The summed E-state index contributed by atoms with van der Waals surface area (Å²) in [5.41, 5.74) is 1.56. The zero-order chi connectivity index (χ0) is 18.0. The summed E-state index contributed by atoms with van der Waals surface area (Å²) < 4.78 is 11.7. The maximum absolute atomic E-state index is 12.2. The smallest absolute Gasteiger partial charge is 0.379 e. The van der Waals surface area contributed by atoms with Crippen LogP contribution in [0.3, 0.4) is 0 Å². The molecule has 1 N–H and O–H groups in total. The summed E-state index contributed by atoms with van der Waals surface area (Å²) in [4.78, 5) is 32.4. The van der Waals surface area contributed by atoms with Crippen molar-refractivity contribution < 1.29 is 18.7 Å². The lowest BCUT2D eigenvalue weighted by atomic mass is 10.3. The number of carbonyl (C=O) groups excluding carboxylic acids is 2. The Morgan fingerprint density at radius 1 is 1.36 bits per heavy atom. The Hall–Kier alpha value is -3.23. The van der Waals surface area contributed by atoms with Gasteiger partial charge in [0.15, 0.2) is 6.10 Å². The Labute approximate surface area is 143 Å². The van der Waals surface area contributed by atoms with Crippen molar-refractivity contribution in [2.24, 2.45) is 0 Å². The number of aromatic nitrogens is 4. The number of fused-ring (bicyclic) bond motifs is 1. The van der Waals surface area contributed by atoms with Crippen molar-refractivity contribution in [3.63, 3.8) is 0 Å². The summed E-state index contributed by atoms with van der Waals surface area (Å²) in [6.45, 7) is 5.34. The van der Waals surface area contributed by atoms with E-state index in [1.165, 1.54) is 17.7 Å². The number of furan rings is 1. The van der Waals surface area contributed by atoms with Crippen LogP contribution in [0, 0.1) is 13.8 Å². The van der Waals surface area contributed by atoms with Crippen LogP contribution in [0.5, 0.6) is 0 Å². The van der Waals surface area contributed by atoms with Gasteiger partial charge in [-0.1, -0.05) is 0 Å². The van der Waals surface area contributed by atoms with Crippen molar-refractivity contribution in [3.8, 4) is 0 Å². The zero-order valence-corrected chi connectivity index (χ0v) is 14.0. The average molecular weight is 343 g/mol. The summed E-state index contributed by atoms with van der Waals surface area (Å²) >= 11 is 0. The summed E-state index contributed by atoms with van der Waals surface area (Å²) in [6, 6.07) is 5.27. The van der Waals surface area contributed by atoms with E-state index < -0.39 is 18.0 Å². The van der Waals surface area contributed by atoms with Gasteiger partial charge in [0, 0.05) is 11.4 Å². The monoisotopic (exact) mass is 343 g/mol. The third-order valence-corrected chi connectivity index (χ3v) is 3.47. The first-order valence-corrected chi connectivity index (χ1v) is 7.66. The van der Waals surface area contributed by atoms with Crippen molar-refractivity contribution >= 4 is 17.7 Å². The molecule has 0 spiro atoms. The second kappa shape index (κ2) is 6.71. The molecule has 0 saturated carbocycles. The first-order valence-electron chi connectivity index (χ1n) is 7.66. The number of esters is 1. The Morgan fingerprint density at radius 3 is 2.88 bits per heavy atom. The molecule has 1 atom stereocenters. The number of hydrogen-bond donors (Lipinski definition) is 1. The number of amides is 1. The summed E-state index contributed by atoms with van der Waals surface area (Å²) in [5.74, 6) is -0.473. The fraction of sp³-hybridized carbons (Fsp3) is 0.312. The van der Waals surface area contributed by atoms with Gasteiger partial charge in [0.25, 0.3) is 17.5 Å². The van der Waals surface area contributed by atoms with Crippen molar-refractivity contribution in [1.29, 1.82) is 0 Å². The topological polar surface area (TPSA) is 112 Å². The number of hydrogen-bond acceptors (Lipinski definition) is 7. The number of carbonyl (C=O) groups is 2. The van der Waals surface area contributed by atoms with Crippen LogP contribution in [-0.2, 0) is 16.1 Å². The number of aryl methyl sites for hydroxylation is 2. The summed E-state index contributed by atoms with van der Waals surface area (Å²) in [7, 11) is 0. The van der Waals surface area contributed by atoms with E-state index in [2.05, 4.69) is 20.4 Å². The number of nitrogens with one attached hydrogen (secondary N) is 1. The van der Waals surface area contributed by atoms with Gasteiger partial charge in [0.05, 0.1) is 12.8 Å². The van der Waals surface area contributed by atoms with Gasteiger partial charge in [-0.25, -0.2) is 14.3 Å². The van der Waals surface area contributed by atoms with Gasteiger partial charge in [-0.2, -0.15) is 4.98 Å². The minimum absolute atomic E-state index is 0.146. The van der Waals surface area contributed by atoms with Crippen LogP contribution in [0.25, 0.3) is 5.78 Å². The van der Waals surface area contributed by atoms with E-state index >= 15 is 0 Å². The molecule has 0 aliphatic carbocycles. The number of ether oxygens (including phenoxy) is 1. The highest BCUT2D eigenvalue weighted by Crippen LogP contribution is 2.07. The highest BCUT2D eigenvalue weighted by molar-refractivity contribution is 5.89. The highest BCUT2D eigenvalue weighted by Gasteiger charge is 2.22. The van der Waals surface area contributed by atoms with Crippen LogP contribution in [0.2, 0.25) is 0 Å². The predicted molar refractivity (Wildman–Crippen MR) is 85.7 cm³/mol. The van der Waals surface area contributed by atoms with Gasteiger partial charge >= 0.3 is 5.97 Å². The molecule has 9 heteroatoms. The Bertz CT molecular complexity index is 916. The van der Waals surface area contributed by atoms with E-state index in [-0.39, 0.29) is 12.4 Å². The molecule has 9 nitrogen and oxygen atoms in total. The van der Waals surface area contributed by atoms with Crippen molar-refractivity contribution in [2.45, 2.75) is 33.4 Å². The number of rotatable bonds is 5. The van der Waals surface area contributed by atoms with Crippen molar-refractivity contribution in [3.05, 3.63) is 47.4 Å². The lowest BCUT2D eigenvalue weighted by molar-refractivity contribution is -0.129. The van der Waals surface area contributed by atoms with Crippen LogP contribution in [0.15, 0.2) is 28.9 Å². The molecule has 0 saturated heterocycles. The minimum atomic E-state index is -0.995. The van der Waals surface area contributed by atoms with Gasteiger partial charge < -0.3 is 14.5 Å². The Kier molecular flexibility index (Phi) is 4.46. The lowest BCUT2D eigenvalue weighted by Crippen LogP contribution is -2.35. The van der Waals surface area contributed by atoms with Gasteiger partial charge in [-0.15, -0.1) is 5.10 Å². The molecule has 3 aromatic heterocycles. The minimum Gasteiger partial charge on any atom is -0.467 e. The van der Waals surface area contributed by atoms with E-state index in [0.29, 0.717) is 11.5 Å². The maximum Gasteiger partial charge on any atom is 0.379 e. The lowest BCUT2D eigenvalue weighted by Gasteiger charge is -2.11. The molecular weight excluding hydrogens is 326 g/mol. The summed E-state index contributed by atoms with van der Waals surface area (Å²) in [6.07, 6.45) is 0.516. The second-order valence-corrected chi connectivity index (χ2v) is 5.53. The van der Waals surface area contributed by atoms with E-state index in [4.69, 9.17) is 9.15 Å². The molecule has 0 radical (unpaired) electrons. The maximum atomic E-state index is 12.2. The third-order valence-electron chi connectivity index (χ3n) is 3.47. The second-order valence-electron chi connectivity index (χ2n) is 5.53. The third kappa shape index (κ3) is 3.65. The molecule has 0 bridgehead atoms. The van der Waals surface area contributed by atoms with Crippen LogP contribution >= 0.6 is 0 Å². The van der Waals surface area contributed by atoms with E-state index in [9.17, 15) is 9.59 Å². The molecule has 0 fully saturated rings. The number of nitrogens with zero attached hydrogens (tertiary/aromatic N) is 4. The SMILES string of the molecule is Cc1cc(C)n2nc(C(=O)O[C@H](C)C(=O)NCc3ccco3)nc2n1. The van der Waals surface area contributed by atoms with Gasteiger partial charge in [0.2, 0.25) is 0 Å². The standard InChI is InChI=1S/C16H17N5O4/c1-9-7-10(2)21-16(18-9)19-13(20-21)15(23)25-11(3)14(22)17-8-12-5-4-6-24-12/h4-7,11H,8H2,1-3H3,(H,17,22)/t11-/m1/s1. The normalized spacial score (nSPS) is 12.1. The van der Waals surface area contributed by atoms with E-state index in [0.717, 1.165) is 11.4 Å². The Balaban J connectivity index is 1.65. The Morgan fingerprint density at radius 2 is 2.16 bits per heavy atom. The quantitative estimate of drug-likeness (QED) is 0.693. The summed E-state index contributed by atoms with van der Waals surface area (Å²) in [5, 5.41) is 6.69. The van der Waals surface area contributed by atoms with Gasteiger partial charge in [-0.3, -0.25) is 4.79 Å². The van der Waals surface area contributed by atoms with Crippen LogP contribution in [0.4, 0.5) is 0 Å². The zero-order valence-electron chi connectivity index (χ0n) is 14.0. The molecule has 3 aromatic rings. The molecule has 0 unspecified atom stereocenters. The fourth-order valence-corrected chi connectivity index (χ4v) is 2.25. The van der Waals surface area contributed by atoms with Gasteiger partial charge in [0.1, 0.15) is 5.76 Å². The fourth-order valence-electron chi connectivity index (χ4n) is 2.25. The molecule has 3 rings (SSSR count). The van der Waals surface area contributed by atoms with E-state index in [1.54, 1.807) is 12.1 Å². The van der Waals surface area contributed by atoms with Crippen molar-refractivity contribution in [1.82, 2.24) is 24.9 Å². The van der Waals surface area contributed by atoms with Crippen LogP contribution in [0.1, 0.15) is 34.7 Å². The highest BCUT2D eigenvalue weighted by atomic mass is 16.5. The molecule has 0 aromatic carbocycles. The predicted octanol–water partition coefficient (Wildman–Crippen LogP) is 1.20. The van der Waals surface area contributed by atoms with Gasteiger partial charge in [-0.05, 0) is 39.0 Å². The van der Waals surface area contributed by atoms with Crippen molar-refractivity contribution in [2.75, 3.05) is 0 Å². The van der Waals surface area contributed by atoms with Crippen LogP contribution in [-0.4, -0.2) is 37.6 Å². The largest absolute Gasteiger partial charge is 0.467 e. The molecule has 3 heterocycles.